The van der Waals surface area contributed by atoms with Crippen LogP contribution < -0.4 is 0 Å². The van der Waals surface area contributed by atoms with Gasteiger partial charge in [0.15, 0.2) is 0 Å². The van der Waals surface area contributed by atoms with E-state index in [4.69, 9.17) is 0 Å². The van der Waals surface area contributed by atoms with Crippen LogP contribution in [0.15, 0.2) is 49.1 Å². The highest BCUT2D eigenvalue weighted by atomic mass is 14.0. The predicted molar refractivity (Wildman–Crippen MR) is 98.7 cm³/mol. The molecule has 0 nitrogen and oxygen atoms in total. The summed E-state index contributed by atoms with van der Waals surface area (Å²) in [4.78, 5) is 0. The quantitative estimate of drug-likeness (QED) is 0.216. The Morgan fingerprint density at radius 1 is 0.714 bits per heavy atom. The monoisotopic (exact) mass is 288 g/mol. The van der Waals surface area contributed by atoms with Crippen LogP contribution in [0.25, 0.3) is 0 Å². The van der Waals surface area contributed by atoms with Gasteiger partial charge < -0.3 is 0 Å². The van der Waals surface area contributed by atoms with Gasteiger partial charge in [0, 0.05) is 0 Å². The minimum Gasteiger partial charge on any atom is -0.103 e. The van der Waals surface area contributed by atoms with Crippen molar-refractivity contribution in [1.82, 2.24) is 0 Å². The molecule has 0 atom stereocenters. The van der Waals surface area contributed by atoms with Crippen molar-refractivity contribution >= 4 is 0 Å². The highest BCUT2D eigenvalue weighted by Gasteiger charge is 1.98. The lowest BCUT2D eigenvalue weighted by atomic mass is 9.99. The predicted octanol–water partition coefficient (Wildman–Crippen LogP) is 7.54. The Hall–Kier alpha value is -1.04. The zero-order valence-electron chi connectivity index (χ0n) is 14.3. The van der Waals surface area contributed by atoms with Gasteiger partial charge in [0.05, 0.1) is 0 Å². The first-order valence-corrected chi connectivity index (χ1v) is 8.86. The molecule has 0 fully saturated rings. The highest BCUT2D eigenvalue weighted by Crippen LogP contribution is 2.18. The van der Waals surface area contributed by atoms with E-state index in [0.29, 0.717) is 0 Å². The van der Waals surface area contributed by atoms with Gasteiger partial charge in [-0.25, -0.2) is 0 Å². The summed E-state index contributed by atoms with van der Waals surface area (Å²) >= 11 is 0. The Labute approximate surface area is 133 Å². The Balaban J connectivity index is 3.89. The van der Waals surface area contributed by atoms with Crippen LogP contribution in [0.3, 0.4) is 0 Å². The van der Waals surface area contributed by atoms with Crippen LogP contribution in [0.1, 0.15) is 84.0 Å². The Morgan fingerprint density at radius 3 is 2.05 bits per heavy atom. The molecule has 0 heteroatoms. The molecule has 0 aliphatic heterocycles. The van der Waals surface area contributed by atoms with Gasteiger partial charge in [0.1, 0.15) is 0 Å². The molecule has 120 valence electrons. The lowest BCUT2D eigenvalue weighted by Gasteiger charge is -2.07. The molecule has 21 heavy (non-hydrogen) atoms. The van der Waals surface area contributed by atoms with Crippen molar-refractivity contribution in [1.29, 1.82) is 0 Å². The molecule has 0 aliphatic rings. The third-order valence-electron chi connectivity index (χ3n) is 3.81. The minimum absolute atomic E-state index is 1.15. The number of rotatable bonds is 15. The van der Waals surface area contributed by atoms with Crippen LogP contribution >= 0.6 is 0 Å². The van der Waals surface area contributed by atoms with E-state index in [1.807, 2.05) is 12.2 Å². The van der Waals surface area contributed by atoms with E-state index in [-0.39, 0.29) is 0 Å². The summed E-state index contributed by atoms with van der Waals surface area (Å²) < 4.78 is 0. The first kappa shape index (κ1) is 20.0. The molecule has 0 amide bonds. The Kier molecular flexibility index (Phi) is 16.2. The topological polar surface area (TPSA) is 0 Å². The second kappa shape index (κ2) is 17.0. The van der Waals surface area contributed by atoms with Crippen LogP contribution in [-0.2, 0) is 0 Å². The lowest BCUT2D eigenvalue weighted by Crippen LogP contribution is -1.87. The first-order valence-electron chi connectivity index (χ1n) is 8.86. The van der Waals surface area contributed by atoms with Gasteiger partial charge in [0.25, 0.3) is 0 Å². The van der Waals surface area contributed by atoms with Crippen LogP contribution in [0.4, 0.5) is 0 Å². The van der Waals surface area contributed by atoms with Gasteiger partial charge in [0.2, 0.25) is 0 Å². The zero-order valence-corrected chi connectivity index (χ0v) is 14.3. The Morgan fingerprint density at radius 2 is 1.33 bits per heavy atom. The first-order chi connectivity index (χ1) is 10.3. The fourth-order valence-electron chi connectivity index (χ4n) is 2.50. The minimum atomic E-state index is 1.15. The van der Waals surface area contributed by atoms with Gasteiger partial charge in [-0.2, -0.15) is 0 Å². The number of unbranched alkanes of at least 4 members (excludes halogenated alkanes) is 7. The molecule has 0 aromatic rings. The van der Waals surface area contributed by atoms with Crippen molar-refractivity contribution in [3.63, 3.8) is 0 Å². The van der Waals surface area contributed by atoms with Crippen molar-refractivity contribution < 1.29 is 0 Å². The van der Waals surface area contributed by atoms with Crippen molar-refractivity contribution in [2.45, 2.75) is 84.0 Å². The molecule has 0 saturated heterocycles. The molecule has 0 unspecified atom stereocenters. The molecular weight excluding hydrogens is 252 g/mol. The van der Waals surface area contributed by atoms with Gasteiger partial charge in [-0.15, -0.1) is 13.2 Å². The summed E-state index contributed by atoms with van der Waals surface area (Å²) in [7, 11) is 0. The van der Waals surface area contributed by atoms with Crippen LogP contribution in [-0.4, -0.2) is 0 Å². The van der Waals surface area contributed by atoms with Crippen molar-refractivity contribution in [2.75, 3.05) is 0 Å². The summed E-state index contributed by atoms with van der Waals surface area (Å²) in [6.45, 7) is 9.72. The average molecular weight is 289 g/mol. The number of allylic oxidation sites excluding steroid dienone is 6. The SMILES string of the molecule is C=CCCCCC(=CCCCCCC=CC)CCCC=C. The second-order valence-electron chi connectivity index (χ2n) is 5.78. The summed E-state index contributed by atoms with van der Waals surface area (Å²) in [6, 6.07) is 0. The third kappa shape index (κ3) is 15.2. The summed E-state index contributed by atoms with van der Waals surface area (Å²) in [5.41, 5.74) is 1.68. The zero-order chi connectivity index (χ0) is 15.6. The van der Waals surface area contributed by atoms with E-state index < -0.39 is 0 Å². The summed E-state index contributed by atoms with van der Waals surface area (Å²) in [5.74, 6) is 0. The molecule has 0 saturated carbocycles. The maximum absolute atomic E-state index is 3.82. The maximum atomic E-state index is 3.82. The number of hydrogen-bond donors (Lipinski definition) is 0. The fourth-order valence-corrected chi connectivity index (χ4v) is 2.50. The third-order valence-corrected chi connectivity index (χ3v) is 3.81. The van der Waals surface area contributed by atoms with E-state index in [2.05, 4.69) is 38.3 Å². The molecule has 0 aromatic heterocycles. The van der Waals surface area contributed by atoms with E-state index in [1.165, 1.54) is 64.2 Å². The molecule has 0 N–H and O–H groups in total. The molecule has 0 heterocycles. The van der Waals surface area contributed by atoms with Crippen molar-refractivity contribution in [2.24, 2.45) is 0 Å². The smallest absolute Gasteiger partial charge is 0.0317 e. The molecular formula is C21H36. The normalized spacial score (nSPS) is 12.0. The lowest BCUT2D eigenvalue weighted by molar-refractivity contribution is 0.675. The van der Waals surface area contributed by atoms with Gasteiger partial charge >= 0.3 is 0 Å². The van der Waals surface area contributed by atoms with E-state index in [0.717, 1.165) is 12.8 Å². The molecule has 0 bridgehead atoms. The fraction of sp³-hybridized carbons (Fsp3) is 0.619. The second-order valence-corrected chi connectivity index (χ2v) is 5.78. The highest BCUT2D eigenvalue weighted by molar-refractivity contribution is 5.02. The van der Waals surface area contributed by atoms with Gasteiger partial charge in [-0.1, -0.05) is 42.4 Å². The molecule has 0 spiro atoms. The molecule has 0 rings (SSSR count). The largest absolute Gasteiger partial charge is 0.103 e. The van der Waals surface area contributed by atoms with E-state index in [9.17, 15) is 0 Å². The van der Waals surface area contributed by atoms with Crippen molar-refractivity contribution in [3.05, 3.63) is 49.1 Å². The van der Waals surface area contributed by atoms with Gasteiger partial charge in [-0.3, -0.25) is 0 Å². The average Bonchev–Trinajstić information content (AvgIpc) is 2.50. The molecule has 0 aliphatic carbocycles. The van der Waals surface area contributed by atoms with E-state index >= 15 is 0 Å². The Bertz CT molecular complexity index is 293. The standard InChI is InChI=1S/C21H36/c1-4-7-10-12-13-14-17-20-21(18-15-9-6-3)19-16-11-8-5-2/h4-7,20H,2-3,8-19H2,1H3. The summed E-state index contributed by atoms with van der Waals surface area (Å²) in [5, 5.41) is 0. The van der Waals surface area contributed by atoms with Crippen molar-refractivity contribution in [3.8, 4) is 0 Å². The van der Waals surface area contributed by atoms with Crippen LogP contribution in [0, 0.1) is 0 Å². The van der Waals surface area contributed by atoms with Crippen LogP contribution in [0.2, 0.25) is 0 Å². The number of hydrogen-bond acceptors (Lipinski definition) is 0. The maximum Gasteiger partial charge on any atom is -0.0317 e. The summed E-state index contributed by atoms with van der Waals surface area (Å²) in [6.07, 6.45) is 26.3. The molecule has 0 aromatic carbocycles. The van der Waals surface area contributed by atoms with Gasteiger partial charge in [-0.05, 0) is 77.6 Å². The van der Waals surface area contributed by atoms with Crippen LogP contribution in [0.5, 0.6) is 0 Å². The molecule has 0 radical (unpaired) electrons. The van der Waals surface area contributed by atoms with E-state index in [1.54, 1.807) is 5.57 Å².